The average Bonchev–Trinajstić information content (AvgIpc) is 2.64. The molecule has 0 amide bonds. The Morgan fingerprint density at radius 2 is 2.00 bits per heavy atom. The molecule has 1 saturated carbocycles. The van der Waals surface area contributed by atoms with Crippen molar-refractivity contribution in [2.75, 3.05) is 11.5 Å². The smallest absolute Gasteiger partial charge is 0.0672 e. The van der Waals surface area contributed by atoms with Crippen LogP contribution < -0.4 is 5.32 Å². The lowest BCUT2D eigenvalue weighted by molar-refractivity contribution is 0.360. The molecule has 15 heavy (non-hydrogen) atoms. The molecule has 0 aromatic carbocycles. The molecule has 0 aromatic heterocycles. The molecule has 84 valence electrons. The normalized spacial score (nSPS) is 37.1. The predicted octanol–water partition coefficient (Wildman–Crippen LogP) is 2.55. The van der Waals surface area contributed by atoms with Gasteiger partial charge in [-0.2, -0.15) is 17.0 Å². The van der Waals surface area contributed by atoms with Crippen molar-refractivity contribution < 1.29 is 0 Å². The van der Waals surface area contributed by atoms with Crippen molar-refractivity contribution in [2.24, 2.45) is 5.92 Å². The zero-order valence-electron chi connectivity index (χ0n) is 9.24. The van der Waals surface area contributed by atoms with Crippen molar-refractivity contribution in [3.05, 3.63) is 0 Å². The summed E-state index contributed by atoms with van der Waals surface area (Å²) in [6, 6.07) is 3.65. The van der Waals surface area contributed by atoms with Crippen LogP contribution in [0.25, 0.3) is 0 Å². The Morgan fingerprint density at radius 3 is 2.73 bits per heavy atom. The highest BCUT2D eigenvalue weighted by Crippen LogP contribution is 2.25. The maximum absolute atomic E-state index is 9.17. The minimum Gasteiger partial charge on any atom is -0.309 e. The zero-order chi connectivity index (χ0) is 10.5. The van der Waals surface area contributed by atoms with Gasteiger partial charge >= 0.3 is 0 Å². The molecule has 3 atom stereocenters. The molecule has 1 aliphatic heterocycles. The molecule has 3 unspecified atom stereocenters. The molecule has 2 nitrogen and oxygen atoms in total. The number of nitrogens with zero attached hydrogens (tertiary/aromatic N) is 1. The zero-order valence-corrected chi connectivity index (χ0v) is 10.1. The topological polar surface area (TPSA) is 35.8 Å². The number of nitrogens with one attached hydrogen (secondary N) is 1. The fraction of sp³-hybridized carbons (Fsp3) is 0.917. The number of nitriles is 1. The van der Waals surface area contributed by atoms with Crippen molar-refractivity contribution in [1.82, 2.24) is 5.32 Å². The van der Waals surface area contributed by atoms with Crippen LogP contribution in [0.3, 0.4) is 0 Å². The lowest BCUT2D eigenvalue weighted by atomic mass is 9.95. The summed E-state index contributed by atoms with van der Waals surface area (Å²) in [4.78, 5) is 0. The summed E-state index contributed by atoms with van der Waals surface area (Å²) in [6.45, 7) is 0. The summed E-state index contributed by atoms with van der Waals surface area (Å²) in [5.74, 6) is 2.80. The average molecular weight is 224 g/mol. The highest BCUT2D eigenvalue weighted by molar-refractivity contribution is 7.99. The van der Waals surface area contributed by atoms with Crippen molar-refractivity contribution in [3.63, 3.8) is 0 Å². The van der Waals surface area contributed by atoms with Crippen molar-refractivity contribution in [3.8, 4) is 6.07 Å². The molecular formula is C12H20N2S. The third-order valence-electron chi connectivity index (χ3n) is 3.56. The van der Waals surface area contributed by atoms with Crippen LogP contribution in [0.2, 0.25) is 0 Å². The largest absolute Gasteiger partial charge is 0.309 e. The van der Waals surface area contributed by atoms with E-state index in [4.69, 9.17) is 5.26 Å². The number of rotatable bonds is 2. The van der Waals surface area contributed by atoms with Gasteiger partial charge in [0.2, 0.25) is 0 Å². The predicted molar refractivity (Wildman–Crippen MR) is 64.8 cm³/mol. The fourth-order valence-corrected chi connectivity index (χ4v) is 3.80. The maximum atomic E-state index is 9.17. The van der Waals surface area contributed by atoms with Gasteiger partial charge in [-0.25, -0.2) is 0 Å². The molecular weight excluding hydrogens is 204 g/mol. The Hall–Kier alpha value is -0.200. The second-order valence-electron chi connectivity index (χ2n) is 4.71. The van der Waals surface area contributed by atoms with Gasteiger partial charge in [0, 0.05) is 17.8 Å². The van der Waals surface area contributed by atoms with Crippen LogP contribution >= 0.6 is 11.8 Å². The Balaban J connectivity index is 1.88. The fourth-order valence-electron chi connectivity index (χ4n) is 2.63. The Bertz CT molecular complexity index is 230. The van der Waals surface area contributed by atoms with E-state index < -0.39 is 0 Å². The van der Waals surface area contributed by atoms with E-state index in [1.165, 1.54) is 43.6 Å². The molecule has 0 radical (unpaired) electrons. The van der Waals surface area contributed by atoms with Crippen LogP contribution in [0.5, 0.6) is 0 Å². The number of hydrogen-bond donors (Lipinski definition) is 1. The molecule has 0 aromatic rings. The van der Waals surface area contributed by atoms with Crippen LogP contribution in [-0.2, 0) is 0 Å². The van der Waals surface area contributed by atoms with Gasteiger partial charge in [-0.1, -0.05) is 19.3 Å². The quantitative estimate of drug-likeness (QED) is 0.732. The van der Waals surface area contributed by atoms with E-state index in [0.717, 1.165) is 6.42 Å². The summed E-state index contributed by atoms with van der Waals surface area (Å²) in [6.07, 6.45) is 7.47. The Morgan fingerprint density at radius 1 is 1.13 bits per heavy atom. The molecule has 0 spiro atoms. The second kappa shape index (κ2) is 5.77. The van der Waals surface area contributed by atoms with Gasteiger partial charge in [-0.05, 0) is 25.0 Å². The van der Waals surface area contributed by atoms with Crippen LogP contribution in [0, 0.1) is 17.2 Å². The molecule has 2 rings (SSSR count). The highest BCUT2D eigenvalue weighted by atomic mass is 32.2. The van der Waals surface area contributed by atoms with Gasteiger partial charge in [0.1, 0.15) is 0 Å². The highest BCUT2D eigenvalue weighted by Gasteiger charge is 2.26. The van der Waals surface area contributed by atoms with E-state index in [-0.39, 0.29) is 5.92 Å². The Labute approximate surface area is 96.8 Å². The molecule has 1 heterocycles. The van der Waals surface area contributed by atoms with Crippen LogP contribution in [-0.4, -0.2) is 23.6 Å². The van der Waals surface area contributed by atoms with Crippen LogP contribution in [0.15, 0.2) is 0 Å². The molecule has 2 fully saturated rings. The van der Waals surface area contributed by atoms with E-state index in [1.807, 2.05) is 11.8 Å². The van der Waals surface area contributed by atoms with Gasteiger partial charge in [0.15, 0.2) is 0 Å². The van der Waals surface area contributed by atoms with Crippen LogP contribution in [0.1, 0.15) is 38.5 Å². The maximum Gasteiger partial charge on any atom is 0.0672 e. The lowest BCUT2D eigenvalue weighted by Crippen LogP contribution is -2.42. The first-order valence-electron chi connectivity index (χ1n) is 6.13. The van der Waals surface area contributed by atoms with Crippen molar-refractivity contribution in [2.45, 2.75) is 50.6 Å². The van der Waals surface area contributed by atoms with Crippen molar-refractivity contribution >= 4 is 11.8 Å². The molecule has 2 aliphatic rings. The molecule has 3 heteroatoms. The summed E-state index contributed by atoms with van der Waals surface area (Å²) in [5, 5.41) is 12.9. The molecule has 0 bridgehead atoms. The van der Waals surface area contributed by atoms with E-state index >= 15 is 0 Å². The summed E-state index contributed by atoms with van der Waals surface area (Å²) < 4.78 is 0. The molecule has 1 aliphatic carbocycles. The number of hydrogen-bond acceptors (Lipinski definition) is 3. The van der Waals surface area contributed by atoms with E-state index in [1.54, 1.807) is 0 Å². The molecule has 1 N–H and O–H groups in total. The monoisotopic (exact) mass is 224 g/mol. The lowest BCUT2D eigenvalue weighted by Gasteiger charge is -2.24. The van der Waals surface area contributed by atoms with Crippen molar-refractivity contribution in [1.29, 1.82) is 5.26 Å². The third-order valence-corrected chi connectivity index (χ3v) is 4.72. The van der Waals surface area contributed by atoms with E-state index in [2.05, 4.69) is 11.4 Å². The first-order valence-corrected chi connectivity index (χ1v) is 7.29. The first-order chi connectivity index (χ1) is 7.40. The minimum atomic E-state index is 0.262. The van der Waals surface area contributed by atoms with Gasteiger partial charge in [0.25, 0.3) is 0 Å². The standard InChI is InChI=1S/C12H20N2S/c13-8-10-4-2-1-3-5-12(10)14-11-6-7-15-9-11/h10-12,14H,1-7,9H2. The van der Waals surface area contributed by atoms with Crippen LogP contribution in [0.4, 0.5) is 0 Å². The molecule has 1 saturated heterocycles. The SMILES string of the molecule is N#CC1CCCCCC1NC1CCSC1. The summed E-state index contributed by atoms with van der Waals surface area (Å²) in [7, 11) is 0. The Kier molecular flexibility index (Phi) is 4.34. The van der Waals surface area contributed by atoms with Gasteiger partial charge in [-0.3, -0.25) is 0 Å². The van der Waals surface area contributed by atoms with Gasteiger partial charge < -0.3 is 5.32 Å². The number of thioether (sulfide) groups is 1. The summed E-state index contributed by atoms with van der Waals surface area (Å²) in [5.41, 5.74) is 0. The summed E-state index contributed by atoms with van der Waals surface area (Å²) >= 11 is 2.04. The minimum absolute atomic E-state index is 0.262. The van der Waals surface area contributed by atoms with Gasteiger partial charge in [0.05, 0.1) is 12.0 Å². The first kappa shape index (κ1) is 11.3. The van der Waals surface area contributed by atoms with Gasteiger partial charge in [-0.15, -0.1) is 0 Å². The van der Waals surface area contributed by atoms with E-state index in [9.17, 15) is 0 Å². The van der Waals surface area contributed by atoms with E-state index in [0.29, 0.717) is 12.1 Å². The second-order valence-corrected chi connectivity index (χ2v) is 5.86. The third kappa shape index (κ3) is 3.12.